The number of ether oxygens (including phenoxy) is 1. The van der Waals surface area contributed by atoms with Crippen molar-refractivity contribution >= 4 is 5.91 Å². The van der Waals surface area contributed by atoms with Crippen LogP contribution in [0.4, 0.5) is 0 Å². The summed E-state index contributed by atoms with van der Waals surface area (Å²) in [5.41, 5.74) is 4.52. The molecular weight excluding hydrogens is 348 g/mol. The van der Waals surface area contributed by atoms with Gasteiger partial charge >= 0.3 is 0 Å². The number of nitrogens with zero attached hydrogens (tertiary/aromatic N) is 1. The molecule has 0 aliphatic rings. The summed E-state index contributed by atoms with van der Waals surface area (Å²) in [6, 6.07) is 20.0. The summed E-state index contributed by atoms with van der Waals surface area (Å²) in [7, 11) is 1.67. The number of aromatic nitrogens is 1. The fourth-order valence-electron chi connectivity index (χ4n) is 3.35. The number of methoxy groups -OCH3 is 1. The van der Waals surface area contributed by atoms with Gasteiger partial charge in [-0.05, 0) is 43.0 Å². The van der Waals surface area contributed by atoms with Crippen molar-refractivity contribution in [3.05, 3.63) is 71.9 Å². The maximum atomic E-state index is 12.9. The molecule has 0 spiro atoms. The van der Waals surface area contributed by atoms with Gasteiger partial charge in [-0.2, -0.15) is 0 Å². The molecule has 0 aliphatic carbocycles. The predicted molar refractivity (Wildman–Crippen MR) is 114 cm³/mol. The number of nitrogens with one attached hydrogen (secondary N) is 1. The summed E-state index contributed by atoms with van der Waals surface area (Å²) >= 11 is 0. The molecule has 3 aromatic rings. The molecule has 4 heteroatoms. The normalized spacial score (nSPS) is 10.9. The lowest BCUT2D eigenvalue weighted by Gasteiger charge is -2.15. The highest BCUT2D eigenvalue weighted by atomic mass is 16.5. The van der Waals surface area contributed by atoms with E-state index in [9.17, 15) is 4.79 Å². The van der Waals surface area contributed by atoms with Crippen molar-refractivity contribution in [2.24, 2.45) is 5.92 Å². The SMILES string of the molecule is COc1ccccc1-n1c(-c2ccccc2)cc(C(=O)NCCC(C)C)c1C. The van der Waals surface area contributed by atoms with E-state index < -0.39 is 0 Å². The molecule has 1 heterocycles. The summed E-state index contributed by atoms with van der Waals surface area (Å²) in [4.78, 5) is 12.9. The number of para-hydroxylation sites is 2. The van der Waals surface area contributed by atoms with E-state index in [-0.39, 0.29) is 5.91 Å². The molecule has 0 saturated carbocycles. The highest BCUT2D eigenvalue weighted by Gasteiger charge is 2.21. The van der Waals surface area contributed by atoms with Gasteiger partial charge in [-0.15, -0.1) is 0 Å². The van der Waals surface area contributed by atoms with Gasteiger partial charge in [0.2, 0.25) is 0 Å². The van der Waals surface area contributed by atoms with Crippen molar-refractivity contribution in [3.63, 3.8) is 0 Å². The number of hydrogen-bond donors (Lipinski definition) is 1. The Morgan fingerprint density at radius 3 is 2.43 bits per heavy atom. The van der Waals surface area contributed by atoms with E-state index >= 15 is 0 Å². The average molecular weight is 377 g/mol. The summed E-state index contributed by atoms with van der Waals surface area (Å²) in [6.07, 6.45) is 0.962. The zero-order valence-corrected chi connectivity index (χ0v) is 17.0. The molecule has 0 atom stereocenters. The zero-order valence-electron chi connectivity index (χ0n) is 17.0. The van der Waals surface area contributed by atoms with Crippen molar-refractivity contribution in [2.45, 2.75) is 27.2 Å². The first-order valence-corrected chi connectivity index (χ1v) is 9.72. The third-order valence-corrected chi connectivity index (χ3v) is 4.89. The van der Waals surface area contributed by atoms with Gasteiger partial charge in [-0.1, -0.05) is 56.3 Å². The summed E-state index contributed by atoms with van der Waals surface area (Å²) < 4.78 is 7.69. The van der Waals surface area contributed by atoms with E-state index in [0.29, 0.717) is 18.0 Å². The van der Waals surface area contributed by atoms with E-state index in [1.54, 1.807) is 7.11 Å². The Labute approximate surface area is 167 Å². The molecule has 0 radical (unpaired) electrons. The Balaban J connectivity index is 2.09. The van der Waals surface area contributed by atoms with Gasteiger partial charge in [0.1, 0.15) is 5.75 Å². The maximum absolute atomic E-state index is 12.9. The van der Waals surface area contributed by atoms with Gasteiger partial charge < -0.3 is 14.6 Å². The second-order valence-electron chi connectivity index (χ2n) is 7.34. The van der Waals surface area contributed by atoms with Crippen LogP contribution in [0.2, 0.25) is 0 Å². The van der Waals surface area contributed by atoms with E-state index in [4.69, 9.17) is 4.74 Å². The minimum absolute atomic E-state index is 0.0380. The van der Waals surface area contributed by atoms with Crippen LogP contribution in [0.1, 0.15) is 36.3 Å². The first-order chi connectivity index (χ1) is 13.5. The van der Waals surface area contributed by atoms with Gasteiger partial charge in [0.05, 0.1) is 24.1 Å². The van der Waals surface area contributed by atoms with Crippen LogP contribution in [0.15, 0.2) is 60.7 Å². The molecule has 0 fully saturated rings. The van der Waals surface area contributed by atoms with Crippen LogP contribution in [0.25, 0.3) is 16.9 Å². The second-order valence-corrected chi connectivity index (χ2v) is 7.34. The van der Waals surface area contributed by atoms with Crippen molar-refractivity contribution in [3.8, 4) is 22.7 Å². The predicted octanol–water partition coefficient (Wildman–Crippen LogP) is 5.24. The molecule has 0 unspecified atom stereocenters. The van der Waals surface area contributed by atoms with E-state index in [1.165, 1.54) is 0 Å². The molecule has 4 nitrogen and oxygen atoms in total. The third kappa shape index (κ3) is 4.11. The van der Waals surface area contributed by atoms with Crippen LogP contribution in [0.5, 0.6) is 5.75 Å². The molecular formula is C24H28N2O2. The molecule has 2 aromatic carbocycles. The summed E-state index contributed by atoms with van der Waals surface area (Å²) in [5, 5.41) is 3.06. The average Bonchev–Trinajstić information content (AvgIpc) is 3.05. The topological polar surface area (TPSA) is 43.3 Å². The Hall–Kier alpha value is -3.01. The molecule has 0 saturated heterocycles. The van der Waals surface area contributed by atoms with Crippen LogP contribution in [0, 0.1) is 12.8 Å². The lowest BCUT2D eigenvalue weighted by atomic mass is 10.1. The van der Waals surface area contributed by atoms with Crippen LogP contribution < -0.4 is 10.1 Å². The van der Waals surface area contributed by atoms with Crippen LogP contribution in [0.3, 0.4) is 0 Å². The molecule has 1 amide bonds. The fraction of sp³-hybridized carbons (Fsp3) is 0.292. The van der Waals surface area contributed by atoms with Gasteiger partial charge in [0.15, 0.2) is 0 Å². The summed E-state index contributed by atoms with van der Waals surface area (Å²) in [6.45, 7) is 6.97. The number of hydrogen-bond acceptors (Lipinski definition) is 2. The zero-order chi connectivity index (χ0) is 20.1. The number of carbonyl (C=O) groups excluding carboxylic acids is 1. The van der Waals surface area contributed by atoms with E-state index in [1.807, 2.05) is 55.5 Å². The minimum Gasteiger partial charge on any atom is -0.495 e. The molecule has 1 N–H and O–H groups in total. The van der Waals surface area contributed by atoms with E-state index in [0.717, 1.165) is 34.8 Å². The van der Waals surface area contributed by atoms with Gasteiger partial charge in [0.25, 0.3) is 5.91 Å². The van der Waals surface area contributed by atoms with Crippen molar-refractivity contribution in [1.29, 1.82) is 0 Å². The van der Waals surface area contributed by atoms with Crippen molar-refractivity contribution in [2.75, 3.05) is 13.7 Å². The Kier molecular flexibility index (Phi) is 6.19. The van der Waals surface area contributed by atoms with Crippen LogP contribution in [-0.2, 0) is 0 Å². The summed E-state index contributed by atoms with van der Waals surface area (Å²) in [5.74, 6) is 1.29. The van der Waals surface area contributed by atoms with Gasteiger partial charge in [-0.25, -0.2) is 0 Å². The molecule has 3 rings (SSSR count). The highest BCUT2D eigenvalue weighted by molar-refractivity contribution is 5.97. The molecule has 0 aliphatic heterocycles. The van der Waals surface area contributed by atoms with Crippen molar-refractivity contribution < 1.29 is 9.53 Å². The lowest BCUT2D eigenvalue weighted by molar-refractivity contribution is 0.0951. The quantitative estimate of drug-likeness (QED) is 0.613. The molecule has 146 valence electrons. The first kappa shape index (κ1) is 19.7. The minimum atomic E-state index is -0.0380. The van der Waals surface area contributed by atoms with Crippen LogP contribution in [-0.4, -0.2) is 24.1 Å². The monoisotopic (exact) mass is 376 g/mol. The first-order valence-electron chi connectivity index (χ1n) is 9.72. The second kappa shape index (κ2) is 8.79. The molecule has 0 bridgehead atoms. The van der Waals surface area contributed by atoms with Gasteiger partial charge in [0, 0.05) is 12.2 Å². The highest BCUT2D eigenvalue weighted by Crippen LogP contribution is 2.33. The molecule has 28 heavy (non-hydrogen) atoms. The Morgan fingerprint density at radius 1 is 1.07 bits per heavy atom. The Morgan fingerprint density at radius 2 is 1.75 bits per heavy atom. The standard InChI is InChI=1S/C24H28N2O2/c1-17(2)14-15-25-24(27)20-16-22(19-10-6-5-7-11-19)26(18(20)3)21-12-8-9-13-23(21)28-4/h5-13,16-17H,14-15H2,1-4H3,(H,25,27). The smallest absolute Gasteiger partial charge is 0.253 e. The largest absolute Gasteiger partial charge is 0.495 e. The van der Waals surface area contributed by atoms with Crippen LogP contribution >= 0.6 is 0 Å². The number of carbonyl (C=O) groups is 1. The third-order valence-electron chi connectivity index (χ3n) is 4.89. The van der Waals surface area contributed by atoms with E-state index in [2.05, 4.69) is 35.9 Å². The Bertz CT molecular complexity index is 942. The molecule has 1 aromatic heterocycles. The fourth-order valence-corrected chi connectivity index (χ4v) is 3.35. The number of amides is 1. The maximum Gasteiger partial charge on any atom is 0.253 e. The van der Waals surface area contributed by atoms with Crippen molar-refractivity contribution in [1.82, 2.24) is 9.88 Å². The number of benzene rings is 2. The number of rotatable bonds is 7. The van der Waals surface area contributed by atoms with Gasteiger partial charge in [-0.3, -0.25) is 4.79 Å². The lowest BCUT2D eigenvalue weighted by Crippen LogP contribution is -2.25.